The Labute approximate surface area is 98.8 Å². The van der Waals surface area contributed by atoms with E-state index in [0.29, 0.717) is 11.3 Å². The maximum Gasteiger partial charge on any atom is 0.364 e. The molecule has 0 atom stereocenters. The van der Waals surface area contributed by atoms with Gasteiger partial charge >= 0.3 is 11.3 Å². The molecule has 0 aliphatic heterocycles. The van der Waals surface area contributed by atoms with E-state index in [0.717, 1.165) is 10.9 Å². The molecule has 0 amide bonds. The van der Waals surface area contributed by atoms with Gasteiger partial charge in [0.1, 0.15) is 11.1 Å². The Hall–Kier alpha value is -2.35. The number of aromatic hydroxyl groups is 1. The summed E-state index contributed by atoms with van der Waals surface area (Å²) in [6.07, 6.45) is 0. The maximum atomic E-state index is 9.95. The normalized spacial score (nSPS) is 10.6. The number of benzene rings is 2. The Morgan fingerprint density at radius 3 is 2.35 bits per heavy atom. The molecular weight excluding hydrogens is 212 g/mol. The van der Waals surface area contributed by atoms with Crippen molar-refractivity contribution in [2.24, 2.45) is 0 Å². The van der Waals surface area contributed by atoms with Crippen LogP contribution in [0.1, 0.15) is 0 Å². The molecule has 0 unspecified atom stereocenters. The Morgan fingerprint density at radius 1 is 0.824 bits per heavy atom. The fourth-order valence-corrected chi connectivity index (χ4v) is 1.86. The first-order chi connectivity index (χ1) is 8.34. The SMILES string of the molecule is Oc1cc(-c2ccccc2)[o+]c2ccccc12. The quantitative estimate of drug-likeness (QED) is 0.630. The second-order valence-electron chi connectivity index (χ2n) is 3.86. The fourth-order valence-electron chi connectivity index (χ4n) is 1.86. The molecular formula is C15H11O2+. The summed E-state index contributed by atoms with van der Waals surface area (Å²) in [5.74, 6) is 0.910. The first-order valence-corrected chi connectivity index (χ1v) is 5.45. The Bertz CT molecular complexity index is 660. The Morgan fingerprint density at radius 2 is 1.53 bits per heavy atom. The van der Waals surface area contributed by atoms with Gasteiger partial charge in [0.05, 0.1) is 11.6 Å². The largest absolute Gasteiger partial charge is 0.507 e. The van der Waals surface area contributed by atoms with Crippen molar-refractivity contribution >= 4 is 11.0 Å². The monoisotopic (exact) mass is 223 g/mol. The molecule has 17 heavy (non-hydrogen) atoms. The summed E-state index contributed by atoms with van der Waals surface area (Å²) in [7, 11) is 0. The van der Waals surface area contributed by atoms with Crippen molar-refractivity contribution < 1.29 is 9.52 Å². The molecule has 0 bridgehead atoms. The van der Waals surface area contributed by atoms with Crippen molar-refractivity contribution in [3.63, 3.8) is 0 Å². The summed E-state index contributed by atoms with van der Waals surface area (Å²) in [5.41, 5.74) is 1.64. The minimum absolute atomic E-state index is 0.241. The smallest absolute Gasteiger partial charge is 0.364 e. The molecule has 3 rings (SSSR count). The van der Waals surface area contributed by atoms with Crippen LogP contribution in [0.15, 0.2) is 65.1 Å². The zero-order valence-electron chi connectivity index (χ0n) is 9.13. The van der Waals surface area contributed by atoms with Crippen molar-refractivity contribution in [1.82, 2.24) is 0 Å². The molecule has 0 spiro atoms. The summed E-state index contributed by atoms with van der Waals surface area (Å²) in [5, 5.41) is 10.7. The van der Waals surface area contributed by atoms with Crippen LogP contribution in [0.2, 0.25) is 0 Å². The number of hydrogen-bond acceptors (Lipinski definition) is 1. The number of para-hydroxylation sites is 1. The van der Waals surface area contributed by atoms with Crippen LogP contribution in [0.3, 0.4) is 0 Å². The molecule has 0 saturated heterocycles. The van der Waals surface area contributed by atoms with Crippen LogP contribution in [-0.4, -0.2) is 5.11 Å². The van der Waals surface area contributed by atoms with Crippen LogP contribution in [0.25, 0.3) is 22.3 Å². The van der Waals surface area contributed by atoms with E-state index in [2.05, 4.69) is 0 Å². The lowest BCUT2D eigenvalue weighted by Crippen LogP contribution is -1.79. The summed E-state index contributed by atoms with van der Waals surface area (Å²) >= 11 is 0. The Balaban J connectivity index is 2.26. The van der Waals surface area contributed by atoms with Gasteiger partial charge in [0, 0.05) is 6.07 Å². The highest BCUT2D eigenvalue weighted by Gasteiger charge is 2.17. The van der Waals surface area contributed by atoms with E-state index in [4.69, 9.17) is 4.42 Å². The van der Waals surface area contributed by atoms with Gasteiger partial charge in [-0.05, 0) is 18.2 Å². The molecule has 1 aromatic heterocycles. The lowest BCUT2D eigenvalue weighted by Gasteiger charge is -1.95. The minimum atomic E-state index is 0.241. The van der Waals surface area contributed by atoms with Crippen LogP contribution in [0.5, 0.6) is 5.75 Å². The van der Waals surface area contributed by atoms with Crippen molar-refractivity contribution in [3.8, 4) is 17.1 Å². The highest BCUT2D eigenvalue weighted by Crippen LogP contribution is 2.31. The molecule has 0 radical (unpaired) electrons. The highest BCUT2D eigenvalue weighted by molar-refractivity contribution is 5.85. The standard InChI is InChI=1S/C15H10O2/c16-13-10-15(11-6-2-1-3-7-11)17-14-9-5-4-8-12(13)14/h1-10H/p+1. The number of fused-ring (bicyclic) bond motifs is 1. The molecule has 82 valence electrons. The van der Waals surface area contributed by atoms with Gasteiger partial charge in [0.15, 0.2) is 0 Å². The van der Waals surface area contributed by atoms with Gasteiger partial charge in [-0.1, -0.05) is 30.3 Å². The van der Waals surface area contributed by atoms with E-state index >= 15 is 0 Å². The van der Waals surface area contributed by atoms with Gasteiger partial charge in [0.2, 0.25) is 0 Å². The number of hydrogen-bond donors (Lipinski definition) is 1. The van der Waals surface area contributed by atoms with Crippen LogP contribution < -0.4 is 0 Å². The van der Waals surface area contributed by atoms with Gasteiger partial charge in [-0.3, -0.25) is 0 Å². The minimum Gasteiger partial charge on any atom is -0.507 e. The van der Waals surface area contributed by atoms with E-state index in [1.165, 1.54) is 0 Å². The molecule has 1 heterocycles. The highest BCUT2D eigenvalue weighted by atomic mass is 16.3. The zero-order chi connectivity index (χ0) is 11.7. The molecule has 1 N–H and O–H groups in total. The molecule has 2 aromatic carbocycles. The average molecular weight is 223 g/mol. The maximum absolute atomic E-state index is 9.95. The molecule has 2 nitrogen and oxygen atoms in total. The molecule has 0 fully saturated rings. The second-order valence-corrected chi connectivity index (χ2v) is 3.86. The molecule has 0 aliphatic rings. The Kier molecular flexibility index (Phi) is 2.26. The summed E-state index contributed by atoms with van der Waals surface area (Å²) < 4.78 is 5.77. The third-order valence-electron chi connectivity index (χ3n) is 2.71. The summed E-state index contributed by atoms with van der Waals surface area (Å²) in [4.78, 5) is 0. The van der Waals surface area contributed by atoms with Crippen LogP contribution in [0.4, 0.5) is 0 Å². The first-order valence-electron chi connectivity index (χ1n) is 5.45. The van der Waals surface area contributed by atoms with Gasteiger partial charge < -0.3 is 5.11 Å². The predicted octanol–water partition coefficient (Wildman–Crippen LogP) is 4.09. The lowest BCUT2D eigenvalue weighted by molar-refractivity contribution is 0.475. The molecule has 0 aliphatic carbocycles. The summed E-state index contributed by atoms with van der Waals surface area (Å²) in [6.45, 7) is 0. The lowest BCUT2D eigenvalue weighted by atomic mass is 10.1. The topological polar surface area (TPSA) is 31.5 Å². The van der Waals surface area contributed by atoms with Crippen molar-refractivity contribution in [2.45, 2.75) is 0 Å². The van der Waals surface area contributed by atoms with Crippen molar-refractivity contribution in [2.75, 3.05) is 0 Å². The molecule has 2 heteroatoms. The first kappa shape index (κ1) is 9.85. The van der Waals surface area contributed by atoms with E-state index < -0.39 is 0 Å². The van der Waals surface area contributed by atoms with Gasteiger partial charge in [-0.15, -0.1) is 0 Å². The predicted molar refractivity (Wildman–Crippen MR) is 67.7 cm³/mol. The average Bonchev–Trinajstić information content (AvgIpc) is 2.40. The van der Waals surface area contributed by atoms with E-state index in [-0.39, 0.29) is 5.75 Å². The third kappa shape index (κ3) is 1.74. The van der Waals surface area contributed by atoms with Gasteiger partial charge in [-0.2, -0.15) is 0 Å². The zero-order valence-corrected chi connectivity index (χ0v) is 9.13. The van der Waals surface area contributed by atoms with Crippen LogP contribution in [-0.2, 0) is 0 Å². The van der Waals surface area contributed by atoms with Gasteiger partial charge in [0.25, 0.3) is 0 Å². The van der Waals surface area contributed by atoms with E-state index in [9.17, 15) is 5.11 Å². The third-order valence-corrected chi connectivity index (χ3v) is 2.71. The van der Waals surface area contributed by atoms with Crippen molar-refractivity contribution in [3.05, 3.63) is 60.7 Å². The summed E-state index contributed by atoms with van der Waals surface area (Å²) in [6, 6.07) is 18.8. The molecule has 0 saturated carbocycles. The molecule has 3 aromatic rings. The second kappa shape index (κ2) is 3.91. The van der Waals surface area contributed by atoms with Crippen molar-refractivity contribution in [1.29, 1.82) is 0 Å². The fraction of sp³-hybridized carbons (Fsp3) is 0. The number of rotatable bonds is 1. The van der Waals surface area contributed by atoms with E-state index in [1.54, 1.807) is 6.07 Å². The van der Waals surface area contributed by atoms with Crippen LogP contribution in [0, 0.1) is 0 Å². The van der Waals surface area contributed by atoms with E-state index in [1.807, 2.05) is 54.6 Å². The van der Waals surface area contributed by atoms with Crippen LogP contribution >= 0.6 is 0 Å². The van der Waals surface area contributed by atoms with Gasteiger partial charge in [-0.25, -0.2) is 4.42 Å².